The molecule has 12 atom stereocenters. The van der Waals surface area contributed by atoms with Crippen LogP contribution < -0.4 is 5.32 Å². The standard InChI is InChI=1S/C32H44N2O8/c1-6-34-16-29(42-28(36)18-9-7-8-10-21(18)33-17(2)35)12-11-25(40-4)31-23(29)14-20(26(31)34)30(37)15-22(39-3)19-13-24(31)32(30,38)27(19)41-5/h7-10,19-20,22-27,37-38H,6,11-16H2,1-5H3,(H,33,35)/t19-,20?,22+,23-,24?,25?,26-,27?,29-,30+,31?,32+/m1/s1. The highest BCUT2D eigenvalue weighted by Crippen LogP contribution is 2.79. The first-order valence-corrected chi connectivity index (χ1v) is 15.4. The van der Waals surface area contributed by atoms with Gasteiger partial charge in [0.15, 0.2) is 0 Å². The van der Waals surface area contributed by atoms with E-state index in [1.165, 1.54) is 6.92 Å². The molecule has 7 bridgehead atoms. The number of fused-ring (bicyclic) bond motifs is 2. The van der Waals surface area contributed by atoms with E-state index in [-0.39, 0.29) is 47.8 Å². The molecule has 5 aliphatic carbocycles. The molecule has 5 unspecified atom stereocenters. The third-order valence-corrected chi connectivity index (χ3v) is 12.6. The third-order valence-electron chi connectivity index (χ3n) is 12.6. The fraction of sp³-hybridized carbons (Fsp3) is 0.750. The molecule has 0 aromatic heterocycles. The number of para-hydroxylation sites is 1. The maximum atomic E-state index is 14.0. The Kier molecular flexibility index (Phi) is 6.46. The number of hydrogen-bond acceptors (Lipinski definition) is 9. The molecule has 1 aromatic carbocycles. The van der Waals surface area contributed by atoms with Crippen LogP contribution in [0.3, 0.4) is 0 Å². The number of nitrogens with one attached hydrogen (secondary N) is 1. The minimum atomic E-state index is -1.48. The van der Waals surface area contributed by atoms with Crippen molar-refractivity contribution >= 4 is 17.6 Å². The van der Waals surface area contributed by atoms with Crippen molar-refractivity contribution in [2.45, 2.75) is 87.1 Å². The Hall–Kier alpha value is -2.08. The maximum absolute atomic E-state index is 14.0. The van der Waals surface area contributed by atoms with Gasteiger partial charge in [-0.25, -0.2) is 4.79 Å². The van der Waals surface area contributed by atoms with Crippen molar-refractivity contribution in [3.63, 3.8) is 0 Å². The lowest BCUT2D eigenvalue weighted by Crippen LogP contribution is -2.83. The second-order valence-electron chi connectivity index (χ2n) is 13.7. The summed E-state index contributed by atoms with van der Waals surface area (Å²) in [7, 11) is 5.05. The van der Waals surface area contributed by atoms with Gasteiger partial charge >= 0.3 is 5.97 Å². The molecule has 6 aliphatic rings. The Labute approximate surface area is 247 Å². The van der Waals surface area contributed by atoms with Gasteiger partial charge in [0, 0.05) is 76.3 Å². The molecule has 1 saturated heterocycles. The number of ether oxygens (including phenoxy) is 4. The molecule has 0 radical (unpaired) electrons. The number of methoxy groups -OCH3 is 3. The van der Waals surface area contributed by atoms with Crippen LogP contribution in [0.5, 0.6) is 0 Å². The van der Waals surface area contributed by atoms with Crippen molar-refractivity contribution in [3.05, 3.63) is 29.8 Å². The molecule has 10 heteroatoms. The fourth-order valence-electron chi connectivity index (χ4n) is 11.6. The van der Waals surface area contributed by atoms with Gasteiger partial charge in [-0.3, -0.25) is 9.69 Å². The van der Waals surface area contributed by atoms with E-state index in [1.807, 2.05) is 0 Å². The monoisotopic (exact) mass is 584 g/mol. The van der Waals surface area contributed by atoms with Crippen molar-refractivity contribution < 1.29 is 38.7 Å². The van der Waals surface area contributed by atoms with Gasteiger partial charge in [0.2, 0.25) is 5.91 Å². The van der Waals surface area contributed by atoms with Gasteiger partial charge < -0.3 is 34.5 Å². The summed E-state index contributed by atoms with van der Waals surface area (Å²) in [5, 5.41) is 28.4. The molecule has 1 spiro atoms. The van der Waals surface area contributed by atoms with E-state index >= 15 is 0 Å². The highest BCUT2D eigenvalue weighted by atomic mass is 16.6. The zero-order valence-electron chi connectivity index (χ0n) is 25.2. The van der Waals surface area contributed by atoms with E-state index in [1.54, 1.807) is 45.6 Å². The summed E-state index contributed by atoms with van der Waals surface area (Å²) >= 11 is 0. The summed E-state index contributed by atoms with van der Waals surface area (Å²) in [6.07, 6.45) is 1.91. The number of esters is 1. The second kappa shape index (κ2) is 9.46. The van der Waals surface area contributed by atoms with Crippen molar-refractivity contribution in [1.82, 2.24) is 4.90 Å². The number of benzene rings is 1. The Morgan fingerprint density at radius 3 is 2.50 bits per heavy atom. The predicted octanol–water partition coefficient (Wildman–Crippen LogP) is 2.22. The van der Waals surface area contributed by atoms with E-state index in [0.29, 0.717) is 56.4 Å². The van der Waals surface area contributed by atoms with Crippen molar-refractivity contribution in [1.29, 1.82) is 0 Å². The van der Waals surface area contributed by atoms with Crippen molar-refractivity contribution in [2.75, 3.05) is 39.7 Å². The Morgan fingerprint density at radius 1 is 1.07 bits per heavy atom. The van der Waals surface area contributed by atoms with E-state index in [2.05, 4.69) is 17.1 Å². The summed E-state index contributed by atoms with van der Waals surface area (Å²) in [5.74, 6) is -1.54. The number of likely N-dealkylation sites (N-methyl/N-ethyl adjacent to an activating group) is 1. The molecule has 6 fully saturated rings. The van der Waals surface area contributed by atoms with Crippen LogP contribution in [0.25, 0.3) is 0 Å². The van der Waals surface area contributed by atoms with E-state index in [4.69, 9.17) is 18.9 Å². The number of nitrogens with zero attached hydrogens (tertiary/aromatic N) is 1. The van der Waals surface area contributed by atoms with E-state index in [0.717, 1.165) is 0 Å². The average Bonchev–Trinajstić information content (AvgIpc) is 3.39. The molecule has 10 nitrogen and oxygen atoms in total. The van der Waals surface area contributed by atoms with Crippen LogP contribution in [0.4, 0.5) is 5.69 Å². The van der Waals surface area contributed by atoms with Gasteiger partial charge in [-0.05, 0) is 44.4 Å². The highest BCUT2D eigenvalue weighted by molar-refractivity contribution is 6.00. The molecule has 42 heavy (non-hydrogen) atoms. The number of likely N-dealkylation sites (tertiary alicyclic amines) is 1. The van der Waals surface area contributed by atoms with Crippen LogP contribution in [0.1, 0.15) is 56.3 Å². The number of amides is 1. The summed E-state index contributed by atoms with van der Waals surface area (Å²) in [4.78, 5) is 28.3. The van der Waals surface area contributed by atoms with Crippen LogP contribution in [-0.4, -0.2) is 103 Å². The summed E-state index contributed by atoms with van der Waals surface area (Å²) in [6.45, 7) is 4.79. The summed E-state index contributed by atoms with van der Waals surface area (Å²) in [5.41, 5.74) is -3.57. The van der Waals surface area contributed by atoms with Gasteiger partial charge in [0.1, 0.15) is 16.8 Å². The number of carbonyl (C=O) groups is 2. The van der Waals surface area contributed by atoms with Crippen LogP contribution in [0.15, 0.2) is 24.3 Å². The molecule has 3 N–H and O–H groups in total. The molecule has 5 saturated carbocycles. The van der Waals surface area contributed by atoms with Gasteiger partial charge in [-0.2, -0.15) is 0 Å². The highest BCUT2D eigenvalue weighted by Gasteiger charge is 2.89. The quantitative estimate of drug-likeness (QED) is 0.414. The third kappa shape index (κ3) is 3.21. The van der Waals surface area contributed by atoms with Crippen LogP contribution in [-0.2, 0) is 23.7 Å². The largest absolute Gasteiger partial charge is 0.454 e. The summed E-state index contributed by atoms with van der Waals surface area (Å²) < 4.78 is 25.1. The second-order valence-corrected chi connectivity index (χ2v) is 13.7. The molecular formula is C32H44N2O8. The molecule has 7 rings (SSSR count). The zero-order chi connectivity index (χ0) is 29.8. The molecule has 1 aromatic rings. The molecular weight excluding hydrogens is 540 g/mol. The Balaban J connectivity index is 1.38. The SMILES string of the molecule is CCN1C[C@]2(OC(=O)c3ccccc3NC(C)=O)CCC(OC)C34C5C[C@H]6C(OC)[C@]5(O)[C@](O)(C[C@@H]6OC)C(C[C@@H]32)[C@@H]14. The van der Waals surface area contributed by atoms with Gasteiger partial charge in [0.25, 0.3) is 0 Å². The predicted molar refractivity (Wildman–Crippen MR) is 152 cm³/mol. The smallest absolute Gasteiger partial charge is 0.340 e. The van der Waals surface area contributed by atoms with E-state index < -0.39 is 34.3 Å². The van der Waals surface area contributed by atoms with Crippen LogP contribution in [0, 0.1) is 29.1 Å². The zero-order valence-corrected chi connectivity index (χ0v) is 25.2. The molecule has 1 aliphatic heterocycles. The van der Waals surface area contributed by atoms with Gasteiger partial charge in [-0.15, -0.1) is 0 Å². The first kappa shape index (κ1) is 28.7. The first-order valence-electron chi connectivity index (χ1n) is 15.4. The number of hydrogen-bond donors (Lipinski definition) is 3. The normalized spacial score (nSPS) is 48.2. The van der Waals surface area contributed by atoms with Crippen LogP contribution in [0.2, 0.25) is 0 Å². The number of anilines is 1. The maximum Gasteiger partial charge on any atom is 0.340 e. The minimum Gasteiger partial charge on any atom is -0.454 e. The average molecular weight is 585 g/mol. The van der Waals surface area contributed by atoms with Crippen molar-refractivity contribution in [3.8, 4) is 0 Å². The lowest BCUT2D eigenvalue weighted by molar-refractivity contribution is -0.337. The molecule has 1 heterocycles. The Morgan fingerprint density at radius 2 is 1.83 bits per heavy atom. The lowest BCUT2D eigenvalue weighted by atomic mass is 9.44. The topological polar surface area (TPSA) is 127 Å². The van der Waals surface area contributed by atoms with Crippen molar-refractivity contribution in [2.24, 2.45) is 29.1 Å². The first-order chi connectivity index (χ1) is 20.1. The molecule has 230 valence electrons. The number of piperidine rings is 1. The Bertz CT molecular complexity index is 1290. The number of carbonyl (C=O) groups excluding carboxylic acids is 2. The number of rotatable bonds is 7. The van der Waals surface area contributed by atoms with Gasteiger partial charge in [-0.1, -0.05) is 19.1 Å². The minimum absolute atomic E-state index is 0.0432. The van der Waals surface area contributed by atoms with Crippen LogP contribution >= 0.6 is 0 Å². The summed E-state index contributed by atoms with van der Waals surface area (Å²) in [6, 6.07) is 6.89. The van der Waals surface area contributed by atoms with Gasteiger partial charge in [0.05, 0.1) is 29.6 Å². The van der Waals surface area contributed by atoms with E-state index in [9.17, 15) is 19.8 Å². The molecule has 1 amide bonds. The lowest BCUT2D eigenvalue weighted by Gasteiger charge is -2.70. The number of aliphatic hydroxyl groups is 2. The fourth-order valence-corrected chi connectivity index (χ4v) is 11.6.